The minimum Gasteiger partial charge on any atom is -0.478 e. The fraction of sp³-hybridized carbons (Fsp3) is 0.643. The second kappa shape index (κ2) is 6.50. The van der Waals surface area contributed by atoms with Gasteiger partial charge in [-0.3, -0.25) is 0 Å². The van der Waals surface area contributed by atoms with Crippen LogP contribution in [0.25, 0.3) is 0 Å². The molecule has 0 aliphatic rings. The molecule has 0 radical (unpaired) electrons. The van der Waals surface area contributed by atoms with Crippen LogP contribution in [-0.4, -0.2) is 27.3 Å². The van der Waals surface area contributed by atoms with E-state index < -0.39 is 5.97 Å². The Balaban J connectivity index is 2.95. The second-order valence-electron chi connectivity index (χ2n) is 5.23. The van der Waals surface area contributed by atoms with E-state index in [1.807, 2.05) is 6.92 Å². The zero-order chi connectivity index (χ0) is 14.6. The molecule has 5 heteroatoms. The third-order valence-corrected chi connectivity index (χ3v) is 3.50. The van der Waals surface area contributed by atoms with Crippen molar-refractivity contribution in [3.63, 3.8) is 0 Å². The lowest BCUT2D eigenvalue weighted by Crippen LogP contribution is -2.22. The van der Waals surface area contributed by atoms with Gasteiger partial charge in [-0.15, -0.1) is 5.10 Å². The number of rotatable bonds is 6. The molecule has 19 heavy (non-hydrogen) atoms. The van der Waals surface area contributed by atoms with Crippen LogP contribution in [0.4, 0.5) is 5.82 Å². The fourth-order valence-corrected chi connectivity index (χ4v) is 2.03. The number of aryl methyl sites for hydroxylation is 1. The summed E-state index contributed by atoms with van der Waals surface area (Å²) in [6.07, 6.45) is 2.08. The monoisotopic (exact) mass is 265 g/mol. The number of hydrogen-bond acceptors (Lipinski definition) is 4. The summed E-state index contributed by atoms with van der Waals surface area (Å²) in [5.74, 6) is -0.00424. The van der Waals surface area contributed by atoms with E-state index in [2.05, 4.69) is 29.4 Å². The van der Waals surface area contributed by atoms with Crippen LogP contribution in [0.2, 0.25) is 0 Å². The lowest BCUT2D eigenvalue weighted by atomic mass is 10.00. The summed E-state index contributed by atoms with van der Waals surface area (Å²) < 4.78 is 0. The van der Waals surface area contributed by atoms with Gasteiger partial charge in [-0.25, -0.2) is 4.79 Å². The van der Waals surface area contributed by atoms with Crippen molar-refractivity contribution in [3.05, 3.63) is 16.8 Å². The van der Waals surface area contributed by atoms with Crippen LogP contribution in [0.15, 0.2) is 0 Å². The number of nitrogens with one attached hydrogen (secondary N) is 1. The molecule has 2 unspecified atom stereocenters. The average molecular weight is 265 g/mol. The Kier molecular flexibility index (Phi) is 5.27. The molecule has 2 atom stereocenters. The molecular formula is C14H23N3O2. The van der Waals surface area contributed by atoms with Crippen LogP contribution in [0, 0.1) is 19.8 Å². The van der Waals surface area contributed by atoms with Gasteiger partial charge in [0.1, 0.15) is 5.56 Å². The van der Waals surface area contributed by atoms with E-state index in [0.29, 0.717) is 23.0 Å². The highest BCUT2D eigenvalue weighted by molar-refractivity contribution is 5.94. The first kappa shape index (κ1) is 15.4. The number of carboxylic acids is 1. The minimum atomic E-state index is -0.964. The van der Waals surface area contributed by atoms with Crippen molar-refractivity contribution in [2.45, 2.75) is 53.5 Å². The SMILES string of the molecule is CCC(C)CC(C)Nc1nnc(C)c(C)c1C(=O)O. The van der Waals surface area contributed by atoms with Crippen LogP contribution < -0.4 is 5.32 Å². The van der Waals surface area contributed by atoms with E-state index in [9.17, 15) is 9.90 Å². The highest BCUT2D eigenvalue weighted by Crippen LogP contribution is 2.20. The molecule has 5 nitrogen and oxygen atoms in total. The van der Waals surface area contributed by atoms with E-state index in [-0.39, 0.29) is 11.6 Å². The van der Waals surface area contributed by atoms with Crippen LogP contribution in [0.1, 0.15) is 55.2 Å². The zero-order valence-electron chi connectivity index (χ0n) is 12.3. The van der Waals surface area contributed by atoms with Crippen molar-refractivity contribution in [1.29, 1.82) is 0 Å². The molecule has 1 rings (SSSR count). The molecule has 0 amide bonds. The van der Waals surface area contributed by atoms with Crippen molar-refractivity contribution < 1.29 is 9.90 Å². The molecule has 0 bridgehead atoms. The molecule has 2 N–H and O–H groups in total. The van der Waals surface area contributed by atoms with Crippen LogP contribution in [0.5, 0.6) is 0 Å². The summed E-state index contributed by atoms with van der Waals surface area (Å²) in [4.78, 5) is 11.3. The third-order valence-electron chi connectivity index (χ3n) is 3.50. The highest BCUT2D eigenvalue weighted by Gasteiger charge is 2.19. The Bertz CT molecular complexity index is 460. The first-order valence-electron chi connectivity index (χ1n) is 6.70. The largest absolute Gasteiger partial charge is 0.478 e. The Labute approximate surface area is 114 Å². The Morgan fingerprint density at radius 2 is 1.95 bits per heavy atom. The molecule has 1 heterocycles. The van der Waals surface area contributed by atoms with Gasteiger partial charge in [-0.1, -0.05) is 20.3 Å². The van der Waals surface area contributed by atoms with Crippen molar-refractivity contribution in [2.75, 3.05) is 5.32 Å². The minimum absolute atomic E-state index is 0.171. The van der Waals surface area contributed by atoms with Crippen LogP contribution in [-0.2, 0) is 0 Å². The van der Waals surface area contributed by atoms with E-state index in [0.717, 1.165) is 12.8 Å². The summed E-state index contributed by atoms with van der Waals surface area (Å²) >= 11 is 0. The van der Waals surface area contributed by atoms with E-state index in [1.54, 1.807) is 13.8 Å². The van der Waals surface area contributed by atoms with Gasteiger partial charge >= 0.3 is 5.97 Å². The van der Waals surface area contributed by atoms with Crippen molar-refractivity contribution >= 4 is 11.8 Å². The lowest BCUT2D eigenvalue weighted by Gasteiger charge is -2.19. The van der Waals surface area contributed by atoms with Gasteiger partial charge in [0, 0.05) is 6.04 Å². The Morgan fingerprint density at radius 1 is 1.32 bits per heavy atom. The van der Waals surface area contributed by atoms with Gasteiger partial charge in [0.25, 0.3) is 0 Å². The summed E-state index contributed by atoms with van der Waals surface area (Å²) in [6, 6.07) is 0.171. The molecule has 0 aliphatic carbocycles. The number of anilines is 1. The summed E-state index contributed by atoms with van der Waals surface area (Å²) in [5, 5.41) is 20.5. The Hall–Kier alpha value is -1.65. The highest BCUT2D eigenvalue weighted by atomic mass is 16.4. The number of carboxylic acid groups (broad SMARTS) is 1. The van der Waals surface area contributed by atoms with E-state index in [1.165, 1.54) is 0 Å². The van der Waals surface area contributed by atoms with Crippen LogP contribution in [0.3, 0.4) is 0 Å². The molecule has 0 aromatic carbocycles. The summed E-state index contributed by atoms with van der Waals surface area (Å²) in [5.41, 5.74) is 1.54. The van der Waals surface area contributed by atoms with Crippen molar-refractivity contribution in [1.82, 2.24) is 10.2 Å². The van der Waals surface area contributed by atoms with Gasteiger partial charge in [-0.05, 0) is 38.7 Å². The predicted molar refractivity (Wildman–Crippen MR) is 75.6 cm³/mol. The molecule has 1 aromatic heterocycles. The fourth-order valence-electron chi connectivity index (χ4n) is 2.03. The van der Waals surface area contributed by atoms with Crippen molar-refractivity contribution in [3.8, 4) is 0 Å². The predicted octanol–water partition coefficient (Wildman–Crippen LogP) is 3.03. The maximum absolute atomic E-state index is 11.3. The quantitative estimate of drug-likeness (QED) is 0.827. The second-order valence-corrected chi connectivity index (χ2v) is 5.23. The summed E-state index contributed by atoms with van der Waals surface area (Å²) in [6.45, 7) is 9.89. The Morgan fingerprint density at radius 3 is 2.47 bits per heavy atom. The molecule has 0 spiro atoms. The first-order valence-corrected chi connectivity index (χ1v) is 6.70. The maximum atomic E-state index is 11.3. The number of nitrogens with zero attached hydrogens (tertiary/aromatic N) is 2. The molecular weight excluding hydrogens is 242 g/mol. The number of hydrogen-bond donors (Lipinski definition) is 2. The van der Waals surface area contributed by atoms with Gasteiger partial charge < -0.3 is 10.4 Å². The molecule has 0 saturated heterocycles. The van der Waals surface area contributed by atoms with Gasteiger partial charge in [0.05, 0.1) is 5.69 Å². The normalized spacial score (nSPS) is 13.9. The average Bonchev–Trinajstić information content (AvgIpc) is 2.33. The van der Waals surface area contributed by atoms with E-state index in [4.69, 9.17) is 0 Å². The number of carbonyl (C=O) groups is 1. The maximum Gasteiger partial charge on any atom is 0.339 e. The topological polar surface area (TPSA) is 75.1 Å². The van der Waals surface area contributed by atoms with Gasteiger partial charge in [0.15, 0.2) is 5.82 Å². The third kappa shape index (κ3) is 3.91. The standard InChI is InChI=1S/C14H23N3O2/c1-6-8(2)7-9(3)15-13-12(14(18)19)10(4)11(5)16-17-13/h8-9H,6-7H2,1-5H3,(H,15,17)(H,18,19). The molecule has 106 valence electrons. The number of aromatic carboxylic acids is 1. The molecule has 0 saturated carbocycles. The smallest absolute Gasteiger partial charge is 0.339 e. The van der Waals surface area contributed by atoms with Crippen molar-refractivity contribution in [2.24, 2.45) is 5.92 Å². The first-order chi connectivity index (χ1) is 8.86. The van der Waals surface area contributed by atoms with E-state index >= 15 is 0 Å². The zero-order valence-corrected chi connectivity index (χ0v) is 12.3. The van der Waals surface area contributed by atoms with Crippen LogP contribution >= 0.6 is 0 Å². The molecule has 0 fully saturated rings. The van der Waals surface area contributed by atoms with Gasteiger partial charge in [0.2, 0.25) is 0 Å². The lowest BCUT2D eigenvalue weighted by molar-refractivity contribution is 0.0696. The number of aromatic nitrogens is 2. The molecule has 0 aliphatic heterocycles. The summed E-state index contributed by atoms with van der Waals surface area (Å²) in [7, 11) is 0. The molecule has 1 aromatic rings. The van der Waals surface area contributed by atoms with Gasteiger partial charge in [-0.2, -0.15) is 5.10 Å².